The molecular weight excluding hydrogens is 430 g/mol. The molecule has 8 nitrogen and oxygen atoms in total. The van der Waals surface area contributed by atoms with Gasteiger partial charge in [0.2, 0.25) is 5.91 Å². The number of hydrogen-bond acceptors (Lipinski definition) is 5. The minimum absolute atomic E-state index is 0.122. The van der Waals surface area contributed by atoms with Crippen LogP contribution in [0.1, 0.15) is 45.1 Å². The maximum absolute atomic E-state index is 13.0. The normalized spacial score (nSPS) is 19.1. The van der Waals surface area contributed by atoms with Gasteiger partial charge >= 0.3 is 0 Å². The van der Waals surface area contributed by atoms with Crippen molar-refractivity contribution in [2.45, 2.75) is 39.5 Å². The fraction of sp³-hybridized carbons (Fsp3) is 0.609. The van der Waals surface area contributed by atoms with Gasteiger partial charge in [0.1, 0.15) is 0 Å². The van der Waals surface area contributed by atoms with Crippen LogP contribution in [0.2, 0.25) is 0 Å². The van der Waals surface area contributed by atoms with E-state index in [0.29, 0.717) is 64.0 Å². The molecule has 1 amide bonds. The molecule has 1 aromatic carbocycles. The van der Waals surface area contributed by atoms with Crippen LogP contribution in [0.15, 0.2) is 24.3 Å². The van der Waals surface area contributed by atoms with Gasteiger partial charge in [-0.3, -0.25) is 4.79 Å². The van der Waals surface area contributed by atoms with Crippen LogP contribution < -0.4 is 9.47 Å². The second-order valence-corrected chi connectivity index (χ2v) is 9.88. The van der Waals surface area contributed by atoms with Gasteiger partial charge in [-0.15, -0.1) is 0 Å². The minimum Gasteiger partial charge on any atom is -0.490 e. The van der Waals surface area contributed by atoms with E-state index in [0.717, 1.165) is 31.2 Å². The van der Waals surface area contributed by atoms with Crippen molar-refractivity contribution in [3.8, 4) is 11.5 Å². The van der Waals surface area contributed by atoms with Crippen molar-refractivity contribution in [3.05, 3.63) is 29.8 Å². The van der Waals surface area contributed by atoms with Crippen molar-refractivity contribution in [1.82, 2.24) is 13.5 Å². The third-order valence-corrected chi connectivity index (χ3v) is 7.79. The maximum Gasteiger partial charge on any atom is 0.282 e. The number of amides is 1. The van der Waals surface area contributed by atoms with E-state index in [2.05, 4.69) is 0 Å². The second kappa shape index (κ2) is 11.7. The Morgan fingerprint density at radius 3 is 2.09 bits per heavy atom. The average Bonchev–Trinajstić information content (AvgIpc) is 3.10. The molecule has 0 bridgehead atoms. The summed E-state index contributed by atoms with van der Waals surface area (Å²) in [6.07, 6.45) is 7.28. The van der Waals surface area contributed by atoms with Crippen LogP contribution in [-0.4, -0.2) is 80.3 Å². The second-order valence-electron chi connectivity index (χ2n) is 7.95. The van der Waals surface area contributed by atoms with Gasteiger partial charge < -0.3 is 14.4 Å². The number of rotatable bonds is 8. The molecular formula is C23H35N3O5S. The van der Waals surface area contributed by atoms with Crippen molar-refractivity contribution in [3.63, 3.8) is 0 Å². The first-order chi connectivity index (χ1) is 15.5. The van der Waals surface area contributed by atoms with E-state index in [1.807, 2.05) is 32.0 Å². The summed E-state index contributed by atoms with van der Waals surface area (Å²) in [5.74, 6) is 1.21. The van der Waals surface area contributed by atoms with Gasteiger partial charge in [-0.25, -0.2) is 0 Å². The molecule has 2 aliphatic rings. The molecule has 178 valence electrons. The summed E-state index contributed by atoms with van der Waals surface area (Å²) in [5, 5.41) is 0. The molecule has 0 atom stereocenters. The Labute approximate surface area is 191 Å². The smallest absolute Gasteiger partial charge is 0.282 e. The van der Waals surface area contributed by atoms with Crippen LogP contribution in [0, 0.1) is 0 Å². The van der Waals surface area contributed by atoms with Gasteiger partial charge in [-0.05, 0) is 50.5 Å². The van der Waals surface area contributed by atoms with Gasteiger partial charge in [0.25, 0.3) is 10.2 Å². The Morgan fingerprint density at radius 1 is 0.875 bits per heavy atom. The fourth-order valence-electron chi connectivity index (χ4n) is 4.02. The zero-order valence-corrected chi connectivity index (χ0v) is 20.0. The quantitative estimate of drug-likeness (QED) is 0.552. The molecule has 0 radical (unpaired) electrons. The van der Waals surface area contributed by atoms with Gasteiger partial charge in [-0.2, -0.15) is 17.0 Å². The molecule has 0 unspecified atom stereocenters. The average molecular weight is 466 g/mol. The fourth-order valence-corrected chi connectivity index (χ4v) is 5.69. The highest BCUT2D eigenvalue weighted by Crippen LogP contribution is 2.29. The summed E-state index contributed by atoms with van der Waals surface area (Å²) in [7, 11) is -3.45. The van der Waals surface area contributed by atoms with Crippen LogP contribution in [0.3, 0.4) is 0 Å². The standard InChI is InChI=1S/C23H35N3O5S/c1-3-30-21-11-9-20(19-22(21)31-4-2)10-12-23(27)24-15-17-26(18-16-24)32(28,29)25-13-7-5-6-8-14-25/h9-12,19H,3-8,13-18H2,1-2H3/b12-10+. The molecule has 2 saturated heterocycles. The molecule has 0 aromatic heterocycles. The summed E-state index contributed by atoms with van der Waals surface area (Å²) in [6.45, 7) is 7.53. The highest BCUT2D eigenvalue weighted by molar-refractivity contribution is 7.86. The van der Waals surface area contributed by atoms with E-state index in [9.17, 15) is 13.2 Å². The highest BCUT2D eigenvalue weighted by Gasteiger charge is 2.33. The molecule has 32 heavy (non-hydrogen) atoms. The number of carbonyl (C=O) groups is 1. The number of benzene rings is 1. The van der Waals surface area contributed by atoms with Crippen molar-refractivity contribution in [1.29, 1.82) is 0 Å². The van der Waals surface area contributed by atoms with Gasteiger partial charge in [-0.1, -0.05) is 18.9 Å². The monoisotopic (exact) mass is 465 g/mol. The van der Waals surface area contributed by atoms with Crippen LogP contribution in [0.5, 0.6) is 11.5 Å². The Hall–Kier alpha value is -2.10. The molecule has 9 heteroatoms. The number of carbonyl (C=O) groups excluding carboxylic acids is 1. The van der Waals surface area contributed by atoms with E-state index in [4.69, 9.17) is 9.47 Å². The summed E-state index contributed by atoms with van der Waals surface area (Å²) in [5.41, 5.74) is 0.840. The SMILES string of the molecule is CCOc1ccc(/C=C/C(=O)N2CCN(S(=O)(=O)N3CCCCCC3)CC2)cc1OCC. The molecule has 0 N–H and O–H groups in total. The zero-order chi connectivity index (χ0) is 23.0. The van der Waals surface area contributed by atoms with Crippen molar-refractivity contribution in [2.75, 3.05) is 52.5 Å². The van der Waals surface area contributed by atoms with Gasteiger partial charge in [0, 0.05) is 45.3 Å². The minimum atomic E-state index is -3.45. The Balaban J connectivity index is 1.57. The van der Waals surface area contributed by atoms with Crippen molar-refractivity contribution >= 4 is 22.2 Å². The topological polar surface area (TPSA) is 79.4 Å². The first-order valence-electron chi connectivity index (χ1n) is 11.6. The molecule has 2 fully saturated rings. The molecule has 0 spiro atoms. The summed E-state index contributed by atoms with van der Waals surface area (Å²) in [6, 6.07) is 5.57. The Morgan fingerprint density at radius 2 is 1.47 bits per heavy atom. The summed E-state index contributed by atoms with van der Waals surface area (Å²) in [4.78, 5) is 14.4. The number of hydrogen-bond donors (Lipinski definition) is 0. The third-order valence-electron chi connectivity index (χ3n) is 5.75. The van der Waals surface area contributed by atoms with Crippen molar-refractivity contribution < 1.29 is 22.7 Å². The lowest BCUT2D eigenvalue weighted by atomic mass is 10.2. The molecule has 0 saturated carbocycles. The molecule has 2 aliphatic heterocycles. The van der Waals surface area contributed by atoms with E-state index in [1.165, 1.54) is 10.4 Å². The van der Waals surface area contributed by atoms with E-state index in [-0.39, 0.29) is 5.91 Å². The first kappa shape index (κ1) is 24.5. The van der Waals surface area contributed by atoms with Crippen LogP contribution >= 0.6 is 0 Å². The first-order valence-corrected chi connectivity index (χ1v) is 13.0. The highest BCUT2D eigenvalue weighted by atomic mass is 32.2. The molecule has 0 aliphatic carbocycles. The maximum atomic E-state index is 13.0. The molecule has 3 rings (SSSR count). The zero-order valence-electron chi connectivity index (χ0n) is 19.2. The predicted molar refractivity (Wildman–Crippen MR) is 125 cm³/mol. The Bertz CT molecular complexity index is 887. The lowest BCUT2D eigenvalue weighted by Crippen LogP contribution is -2.54. The van der Waals surface area contributed by atoms with Crippen LogP contribution in [0.4, 0.5) is 0 Å². The summed E-state index contributed by atoms with van der Waals surface area (Å²) < 4.78 is 40.2. The van der Waals surface area contributed by atoms with Crippen LogP contribution in [-0.2, 0) is 15.0 Å². The number of nitrogens with zero attached hydrogens (tertiary/aromatic N) is 3. The molecule has 1 aromatic rings. The largest absolute Gasteiger partial charge is 0.490 e. The lowest BCUT2D eigenvalue weighted by molar-refractivity contribution is -0.127. The predicted octanol–water partition coefficient (Wildman–Crippen LogP) is 2.76. The van der Waals surface area contributed by atoms with Crippen LogP contribution in [0.25, 0.3) is 6.08 Å². The van der Waals surface area contributed by atoms with E-state index in [1.54, 1.807) is 15.3 Å². The van der Waals surface area contributed by atoms with Gasteiger partial charge in [0.05, 0.1) is 13.2 Å². The summed E-state index contributed by atoms with van der Waals surface area (Å²) >= 11 is 0. The van der Waals surface area contributed by atoms with Crippen molar-refractivity contribution in [2.24, 2.45) is 0 Å². The number of ether oxygens (including phenoxy) is 2. The van der Waals surface area contributed by atoms with E-state index < -0.39 is 10.2 Å². The molecule has 2 heterocycles. The number of piperazine rings is 1. The Kier molecular flexibility index (Phi) is 8.95. The van der Waals surface area contributed by atoms with E-state index >= 15 is 0 Å². The van der Waals surface area contributed by atoms with Gasteiger partial charge in [0.15, 0.2) is 11.5 Å². The third kappa shape index (κ3) is 6.24. The lowest BCUT2D eigenvalue weighted by Gasteiger charge is -2.36.